The van der Waals surface area contributed by atoms with Crippen LogP contribution in [0.2, 0.25) is 0 Å². The first-order chi connectivity index (χ1) is 15.0. The van der Waals surface area contributed by atoms with Crippen molar-refractivity contribution in [2.24, 2.45) is 11.5 Å². The van der Waals surface area contributed by atoms with E-state index in [1.54, 1.807) is 44.5 Å². The van der Waals surface area contributed by atoms with E-state index in [-0.39, 0.29) is 68.9 Å². The summed E-state index contributed by atoms with van der Waals surface area (Å²) in [6.07, 6.45) is 3.91. The van der Waals surface area contributed by atoms with Gasteiger partial charge >= 0.3 is 51.4 Å². The van der Waals surface area contributed by atoms with Gasteiger partial charge in [0, 0.05) is 6.20 Å². The van der Waals surface area contributed by atoms with Gasteiger partial charge in [0.2, 0.25) is 0 Å². The Hall–Kier alpha value is -0.464. The number of nitrogens with one attached hydrogen (secondary N) is 1. The van der Waals surface area contributed by atoms with Crippen LogP contribution >= 0.6 is 0 Å². The molecule has 1 aromatic rings. The first-order valence-corrected chi connectivity index (χ1v) is 12.6. The molecular weight excluding hydrogens is 470 g/mol. The van der Waals surface area contributed by atoms with Gasteiger partial charge in [0.25, 0.3) is 0 Å². The minimum atomic E-state index is -3.66. The maximum absolute atomic E-state index is 14.4. The predicted molar refractivity (Wildman–Crippen MR) is 132 cm³/mol. The van der Waals surface area contributed by atoms with Crippen LogP contribution in [0.1, 0.15) is 59.9 Å². The number of hydrogen-bond donors (Lipinski definition) is 3. The molecule has 7 nitrogen and oxygen atoms in total. The van der Waals surface area contributed by atoms with Gasteiger partial charge in [0.05, 0.1) is 23.8 Å². The molecule has 2 rings (SSSR count). The summed E-state index contributed by atoms with van der Waals surface area (Å²) in [5, 5.41) is 7.53. The Morgan fingerprint density at radius 3 is 2.24 bits per heavy atom. The van der Waals surface area contributed by atoms with E-state index in [9.17, 15) is 12.8 Å². The van der Waals surface area contributed by atoms with Gasteiger partial charge in [-0.2, -0.15) is 0 Å². The summed E-state index contributed by atoms with van der Waals surface area (Å²) in [7, 11) is -2.10. The van der Waals surface area contributed by atoms with Gasteiger partial charge in [-0.05, 0) is 43.6 Å². The van der Waals surface area contributed by atoms with E-state index in [1.807, 2.05) is 27.7 Å². The number of dihydropyridines is 1. The van der Waals surface area contributed by atoms with Crippen LogP contribution in [0.4, 0.5) is 10.1 Å². The molecule has 1 heterocycles. The number of nitrogens with zero attached hydrogens (tertiary/aromatic N) is 1. The van der Waals surface area contributed by atoms with Crippen molar-refractivity contribution in [1.29, 1.82) is 0 Å². The predicted octanol–water partition coefficient (Wildman–Crippen LogP) is 1.40. The van der Waals surface area contributed by atoms with Gasteiger partial charge in [-0.15, -0.1) is 5.69 Å². The number of rotatable bonds is 8. The number of nitrogens with two attached hydrogens (primary N) is 2. The molecule has 33 heavy (non-hydrogen) atoms. The van der Waals surface area contributed by atoms with Crippen LogP contribution in [0.3, 0.4) is 0 Å². The SMILES string of the molecule is CC.CC.COC1=CNC([N-]c2ccc(F)c(C(C)CS(=O)(=O)C(C)(C)C(N)N)c2)C=C1.[K+]. The Morgan fingerprint density at radius 2 is 1.79 bits per heavy atom. The monoisotopic (exact) mass is 510 g/mol. The van der Waals surface area contributed by atoms with E-state index >= 15 is 0 Å². The topological polar surface area (TPSA) is 122 Å². The molecule has 0 fully saturated rings. The molecule has 0 bridgehead atoms. The summed E-state index contributed by atoms with van der Waals surface area (Å²) in [4.78, 5) is 0. The molecule has 2 unspecified atom stereocenters. The number of sulfone groups is 1. The van der Waals surface area contributed by atoms with E-state index in [0.717, 1.165) is 0 Å². The molecule has 5 N–H and O–H groups in total. The molecule has 0 radical (unpaired) electrons. The number of hydrogen-bond acceptors (Lipinski definition) is 6. The summed E-state index contributed by atoms with van der Waals surface area (Å²) in [6, 6.07) is 4.40. The average Bonchev–Trinajstić information content (AvgIpc) is 2.77. The Balaban J connectivity index is 0. The maximum Gasteiger partial charge on any atom is 1.00 e. The Labute approximate surface area is 242 Å². The molecule has 0 spiro atoms. The Kier molecular flexibility index (Phi) is 17.1. The molecule has 1 aliphatic heterocycles. The fourth-order valence-electron chi connectivity index (χ4n) is 2.66. The van der Waals surface area contributed by atoms with Crippen LogP contribution in [-0.2, 0) is 14.6 Å². The fraction of sp³-hybridized carbons (Fsp3) is 0.565. The van der Waals surface area contributed by atoms with Gasteiger partial charge in [0.15, 0.2) is 9.84 Å². The molecule has 0 saturated carbocycles. The zero-order chi connectivity index (χ0) is 25.1. The van der Waals surface area contributed by atoms with Crippen molar-refractivity contribution in [3.8, 4) is 0 Å². The number of allylic oxidation sites excluding steroid dienone is 1. The van der Waals surface area contributed by atoms with Crippen LogP contribution in [-0.4, -0.2) is 38.4 Å². The summed E-state index contributed by atoms with van der Waals surface area (Å²) in [5.74, 6) is -0.670. The average molecular weight is 511 g/mol. The third-order valence-corrected chi connectivity index (χ3v) is 7.76. The summed E-state index contributed by atoms with van der Waals surface area (Å²) >= 11 is 0. The second-order valence-electron chi connectivity index (χ2n) is 7.37. The van der Waals surface area contributed by atoms with E-state index in [2.05, 4.69) is 10.6 Å². The zero-order valence-electron chi connectivity index (χ0n) is 21.5. The van der Waals surface area contributed by atoms with Gasteiger partial charge in [0.1, 0.15) is 11.6 Å². The number of benzene rings is 1. The third kappa shape index (κ3) is 9.97. The molecule has 10 heteroatoms. The van der Waals surface area contributed by atoms with Crippen molar-refractivity contribution in [3.05, 3.63) is 59.0 Å². The van der Waals surface area contributed by atoms with Crippen LogP contribution in [0.25, 0.3) is 5.32 Å². The first kappa shape index (κ1) is 34.7. The maximum atomic E-state index is 14.4. The first-order valence-electron chi connectivity index (χ1n) is 10.9. The van der Waals surface area contributed by atoms with E-state index < -0.39 is 32.5 Å². The van der Waals surface area contributed by atoms with Gasteiger partial charge < -0.3 is 26.8 Å². The molecular formula is C23H40FKN4O3S. The van der Waals surface area contributed by atoms with Crippen LogP contribution in [0, 0.1) is 5.82 Å². The Bertz CT molecular complexity index is 874. The molecule has 184 valence electrons. The quantitative estimate of drug-likeness (QED) is 0.359. The van der Waals surface area contributed by atoms with Crippen LogP contribution in [0.5, 0.6) is 0 Å². The van der Waals surface area contributed by atoms with E-state index in [1.165, 1.54) is 19.9 Å². The van der Waals surface area contributed by atoms with Crippen molar-refractivity contribution < 1.29 is 68.9 Å². The van der Waals surface area contributed by atoms with Crippen LogP contribution < -0.4 is 68.2 Å². The van der Waals surface area contributed by atoms with Crippen molar-refractivity contribution in [2.75, 3.05) is 12.9 Å². The molecule has 1 aliphatic rings. The summed E-state index contributed by atoms with van der Waals surface area (Å²) < 4.78 is 43.6. The fourth-order valence-corrected chi connectivity index (χ4v) is 4.34. The molecule has 0 aliphatic carbocycles. The summed E-state index contributed by atoms with van der Waals surface area (Å²) in [6.45, 7) is 12.6. The van der Waals surface area contributed by atoms with E-state index in [0.29, 0.717) is 11.4 Å². The van der Waals surface area contributed by atoms with Crippen molar-refractivity contribution in [1.82, 2.24) is 5.32 Å². The molecule has 2 atom stereocenters. The number of ether oxygens (including phenoxy) is 1. The Morgan fingerprint density at radius 1 is 1.21 bits per heavy atom. The number of halogens is 1. The minimum Gasteiger partial charge on any atom is -0.662 e. The van der Waals surface area contributed by atoms with E-state index in [4.69, 9.17) is 16.2 Å². The second-order valence-corrected chi connectivity index (χ2v) is 9.98. The second kappa shape index (κ2) is 16.3. The molecule has 0 aromatic heterocycles. The molecule has 0 amide bonds. The zero-order valence-corrected chi connectivity index (χ0v) is 25.5. The van der Waals surface area contributed by atoms with Gasteiger partial charge in [-0.3, -0.25) is 0 Å². The van der Waals surface area contributed by atoms with Crippen molar-refractivity contribution in [3.63, 3.8) is 0 Å². The smallest absolute Gasteiger partial charge is 0.662 e. The van der Waals surface area contributed by atoms with Crippen molar-refractivity contribution >= 4 is 15.5 Å². The summed E-state index contributed by atoms with van der Waals surface area (Å²) in [5.41, 5.74) is 12.1. The normalized spacial score (nSPS) is 16.0. The minimum absolute atomic E-state index is 0. The molecule has 0 saturated heterocycles. The standard InChI is InChI=1S/C19H28FN4O3S.2C2H6.K/c1-12(11-28(25,26)19(2,3)18(21)22)15-9-13(5-7-16(15)20)24-17-8-6-14(27-4)10-23-17;2*1-2;/h5-10,12,17-18,23H,11,21-22H2,1-4H3;2*1-2H3;/q-1;;;+1. The van der Waals surface area contributed by atoms with Crippen molar-refractivity contribution in [2.45, 2.75) is 71.5 Å². The third-order valence-electron chi connectivity index (χ3n) is 4.95. The number of methoxy groups -OCH3 is 1. The van der Waals surface area contributed by atoms with Crippen LogP contribution in [0.15, 0.2) is 42.3 Å². The van der Waals surface area contributed by atoms with Gasteiger partial charge in [-0.25, -0.2) is 12.8 Å². The molecule has 1 aromatic carbocycles. The largest absolute Gasteiger partial charge is 1.00 e. The van der Waals surface area contributed by atoms with Gasteiger partial charge in [-0.1, -0.05) is 52.8 Å².